The first-order valence-corrected chi connectivity index (χ1v) is 7.35. The lowest BCUT2D eigenvalue weighted by Crippen LogP contribution is -2.65. The molecule has 1 aliphatic heterocycles. The fourth-order valence-electron chi connectivity index (χ4n) is 4.38. The Balaban J connectivity index is 1.81. The van der Waals surface area contributed by atoms with Crippen molar-refractivity contribution in [3.63, 3.8) is 0 Å². The average molecular weight is 251 g/mol. The Bertz CT molecular complexity index is 360. The van der Waals surface area contributed by atoms with Crippen LogP contribution in [0.3, 0.4) is 0 Å². The van der Waals surface area contributed by atoms with Crippen molar-refractivity contribution in [1.82, 2.24) is 0 Å². The summed E-state index contributed by atoms with van der Waals surface area (Å²) in [5.74, 6) is 1.80. The number of nitrogens with two attached hydrogens (primary N) is 1. The Hall–Kier alpha value is -0.0551. The van der Waals surface area contributed by atoms with Crippen LogP contribution < -0.4 is 5.73 Å². The molecule has 0 spiro atoms. The average Bonchev–Trinajstić information content (AvgIpc) is 2.63. The van der Waals surface area contributed by atoms with E-state index in [4.69, 9.17) is 15.0 Å². The maximum absolute atomic E-state index is 6.31. The summed E-state index contributed by atoms with van der Waals surface area (Å²) in [7, 11) is -0.213. The second kappa shape index (κ2) is 3.74. The van der Waals surface area contributed by atoms with E-state index in [1.165, 1.54) is 6.42 Å². The molecule has 0 radical (unpaired) electrons. The summed E-state index contributed by atoms with van der Waals surface area (Å²) in [5, 5.41) is 0. The SMILES string of the molecule is CC(C)[C@@H](N)B1O[C@H]2C[C@H]3C[C@H](C3(C)C)[C@@]2(C)O1. The highest BCUT2D eigenvalue weighted by atomic mass is 16.7. The molecule has 0 aromatic rings. The molecule has 102 valence electrons. The van der Waals surface area contributed by atoms with Crippen molar-refractivity contribution in [2.24, 2.45) is 28.9 Å². The maximum atomic E-state index is 6.31. The lowest BCUT2D eigenvalue weighted by Gasteiger charge is -2.64. The monoisotopic (exact) mass is 251 g/mol. The molecular formula is C14H26BNO2. The van der Waals surface area contributed by atoms with Gasteiger partial charge in [-0.15, -0.1) is 0 Å². The van der Waals surface area contributed by atoms with Gasteiger partial charge < -0.3 is 15.0 Å². The van der Waals surface area contributed by atoms with Crippen LogP contribution in [0.4, 0.5) is 0 Å². The molecule has 1 saturated heterocycles. The van der Waals surface area contributed by atoms with Crippen molar-refractivity contribution in [1.29, 1.82) is 0 Å². The van der Waals surface area contributed by atoms with Gasteiger partial charge >= 0.3 is 7.12 Å². The lowest BCUT2D eigenvalue weighted by molar-refractivity contribution is -0.199. The quantitative estimate of drug-likeness (QED) is 0.765. The summed E-state index contributed by atoms with van der Waals surface area (Å²) in [6.07, 6.45) is 2.69. The van der Waals surface area contributed by atoms with Gasteiger partial charge in [0, 0.05) is 5.94 Å². The van der Waals surface area contributed by atoms with Gasteiger partial charge in [-0.3, -0.25) is 0 Å². The number of hydrogen-bond donors (Lipinski definition) is 1. The molecule has 3 saturated carbocycles. The highest BCUT2D eigenvalue weighted by Gasteiger charge is 2.68. The van der Waals surface area contributed by atoms with Gasteiger partial charge in [-0.05, 0) is 42.9 Å². The van der Waals surface area contributed by atoms with Crippen LogP contribution in [0.5, 0.6) is 0 Å². The largest absolute Gasteiger partial charge is 0.475 e. The van der Waals surface area contributed by atoms with Gasteiger partial charge in [-0.2, -0.15) is 0 Å². The topological polar surface area (TPSA) is 44.5 Å². The molecular weight excluding hydrogens is 225 g/mol. The summed E-state index contributed by atoms with van der Waals surface area (Å²) in [4.78, 5) is 0. The summed E-state index contributed by atoms with van der Waals surface area (Å²) in [6, 6.07) is 0. The molecule has 4 heteroatoms. The van der Waals surface area contributed by atoms with E-state index in [2.05, 4.69) is 34.6 Å². The number of rotatable bonds is 2. The lowest BCUT2D eigenvalue weighted by atomic mass is 9.43. The molecule has 2 bridgehead atoms. The minimum absolute atomic E-state index is 0.0206. The summed E-state index contributed by atoms with van der Waals surface area (Å²) < 4.78 is 12.5. The van der Waals surface area contributed by atoms with Crippen molar-refractivity contribution in [3.8, 4) is 0 Å². The van der Waals surface area contributed by atoms with E-state index in [1.807, 2.05) is 0 Å². The molecule has 18 heavy (non-hydrogen) atoms. The summed E-state index contributed by atoms with van der Waals surface area (Å²) in [5.41, 5.74) is 6.50. The maximum Gasteiger partial charge on any atom is 0.475 e. The highest BCUT2D eigenvalue weighted by Crippen LogP contribution is 2.65. The normalized spacial score (nSPS) is 46.8. The van der Waals surface area contributed by atoms with Crippen molar-refractivity contribution < 1.29 is 9.31 Å². The van der Waals surface area contributed by atoms with Crippen LogP contribution in [-0.4, -0.2) is 24.8 Å². The van der Waals surface area contributed by atoms with Crippen LogP contribution in [0.2, 0.25) is 0 Å². The van der Waals surface area contributed by atoms with E-state index >= 15 is 0 Å². The Kier molecular flexibility index (Phi) is 2.69. The van der Waals surface area contributed by atoms with Crippen LogP contribution in [0.15, 0.2) is 0 Å². The second-order valence-electron chi connectivity index (χ2n) is 7.66. The molecule has 3 nitrogen and oxygen atoms in total. The Morgan fingerprint density at radius 3 is 2.44 bits per heavy atom. The zero-order chi connectivity index (χ0) is 13.3. The van der Waals surface area contributed by atoms with E-state index in [1.54, 1.807) is 0 Å². The van der Waals surface area contributed by atoms with Crippen molar-refractivity contribution in [2.75, 3.05) is 0 Å². The van der Waals surface area contributed by atoms with Gasteiger partial charge in [0.2, 0.25) is 0 Å². The smallest absolute Gasteiger partial charge is 0.404 e. The van der Waals surface area contributed by atoms with E-state index in [0.29, 0.717) is 17.3 Å². The Morgan fingerprint density at radius 1 is 1.22 bits per heavy atom. The third kappa shape index (κ3) is 1.49. The van der Waals surface area contributed by atoms with Gasteiger partial charge in [0.05, 0.1) is 11.7 Å². The zero-order valence-corrected chi connectivity index (χ0v) is 12.3. The van der Waals surface area contributed by atoms with Gasteiger partial charge in [-0.25, -0.2) is 0 Å². The molecule has 1 heterocycles. The van der Waals surface area contributed by atoms with Crippen LogP contribution >= 0.6 is 0 Å². The van der Waals surface area contributed by atoms with Gasteiger partial charge in [0.25, 0.3) is 0 Å². The molecule has 0 amide bonds. The first-order valence-electron chi connectivity index (χ1n) is 7.35. The zero-order valence-electron chi connectivity index (χ0n) is 12.3. The van der Waals surface area contributed by atoms with Crippen molar-refractivity contribution in [2.45, 2.75) is 65.1 Å². The molecule has 4 rings (SSSR count). The first-order chi connectivity index (χ1) is 8.26. The number of hydrogen-bond acceptors (Lipinski definition) is 3. The summed E-state index contributed by atoms with van der Waals surface area (Å²) >= 11 is 0. The predicted octanol–water partition coefficient (Wildman–Crippen LogP) is 2.24. The van der Waals surface area contributed by atoms with Crippen LogP contribution in [0.1, 0.15) is 47.5 Å². The molecule has 4 aliphatic rings. The van der Waals surface area contributed by atoms with E-state index in [-0.39, 0.29) is 24.8 Å². The Labute approximate surface area is 111 Å². The Morgan fingerprint density at radius 2 is 1.89 bits per heavy atom. The van der Waals surface area contributed by atoms with Gasteiger partial charge in [0.1, 0.15) is 0 Å². The van der Waals surface area contributed by atoms with E-state index in [0.717, 1.165) is 12.3 Å². The van der Waals surface area contributed by atoms with Crippen LogP contribution in [-0.2, 0) is 9.31 Å². The second-order valence-corrected chi connectivity index (χ2v) is 7.66. The molecule has 2 N–H and O–H groups in total. The van der Waals surface area contributed by atoms with Crippen molar-refractivity contribution >= 4 is 7.12 Å². The molecule has 3 aliphatic carbocycles. The molecule has 0 unspecified atom stereocenters. The van der Waals surface area contributed by atoms with E-state index in [9.17, 15) is 0 Å². The first kappa shape index (κ1) is 13.0. The van der Waals surface area contributed by atoms with Gasteiger partial charge in [0.15, 0.2) is 0 Å². The third-order valence-corrected chi connectivity index (χ3v) is 6.05. The fourth-order valence-corrected chi connectivity index (χ4v) is 4.38. The molecule has 5 atom stereocenters. The highest BCUT2D eigenvalue weighted by molar-refractivity contribution is 6.47. The van der Waals surface area contributed by atoms with E-state index < -0.39 is 0 Å². The van der Waals surface area contributed by atoms with Crippen LogP contribution in [0, 0.1) is 23.2 Å². The molecule has 0 aromatic carbocycles. The third-order valence-electron chi connectivity index (χ3n) is 6.05. The minimum Gasteiger partial charge on any atom is -0.404 e. The molecule has 0 aromatic heterocycles. The van der Waals surface area contributed by atoms with Gasteiger partial charge in [-0.1, -0.05) is 27.7 Å². The predicted molar refractivity (Wildman–Crippen MR) is 72.9 cm³/mol. The van der Waals surface area contributed by atoms with Crippen LogP contribution in [0.25, 0.3) is 0 Å². The standard InChI is InChI=1S/C14H26BNO2/c1-8(2)12(16)15-17-11-7-9-6-10(13(9,3)4)14(11,5)18-15/h8-12H,6-7,16H2,1-5H3/t9-,10-,11+,12-,14-/m1/s1. The summed E-state index contributed by atoms with van der Waals surface area (Å²) in [6.45, 7) is 11.3. The minimum atomic E-state index is -0.213. The molecule has 4 fully saturated rings. The fraction of sp³-hybridized carbons (Fsp3) is 1.00. The van der Waals surface area contributed by atoms with Crippen molar-refractivity contribution in [3.05, 3.63) is 0 Å².